The molecule has 0 radical (unpaired) electrons. The third-order valence-electron chi connectivity index (χ3n) is 3.92. The van der Waals surface area contributed by atoms with Crippen LogP contribution in [-0.4, -0.2) is 33.4 Å². The highest BCUT2D eigenvalue weighted by atomic mass is 32.2. The van der Waals surface area contributed by atoms with Crippen molar-refractivity contribution in [3.05, 3.63) is 59.4 Å². The number of benzene rings is 2. The van der Waals surface area contributed by atoms with Gasteiger partial charge in [-0.1, -0.05) is 18.2 Å². The number of halogens is 1. The second-order valence-corrected chi connectivity index (χ2v) is 7.48. The molecule has 1 heterocycles. The van der Waals surface area contributed by atoms with Gasteiger partial charge in [0, 0.05) is 5.56 Å². The van der Waals surface area contributed by atoms with Gasteiger partial charge >= 0.3 is 5.97 Å². The number of hydrogen-bond donors (Lipinski definition) is 1. The molecule has 0 saturated heterocycles. The van der Waals surface area contributed by atoms with Crippen LogP contribution >= 0.6 is 0 Å². The van der Waals surface area contributed by atoms with Crippen LogP contribution in [0.15, 0.2) is 52.4 Å². The first-order valence-electron chi connectivity index (χ1n) is 8.01. The van der Waals surface area contributed by atoms with Crippen molar-refractivity contribution >= 4 is 21.8 Å². The second-order valence-electron chi connectivity index (χ2n) is 5.83. The van der Waals surface area contributed by atoms with E-state index in [1.807, 2.05) is 0 Å². The average Bonchev–Trinajstić information content (AvgIpc) is 2.90. The Bertz CT molecular complexity index is 1020. The Labute approximate surface area is 155 Å². The molecule has 142 valence electrons. The molecule has 0 saturated carbocycles. The number of fused-ring (bicyclic) bond motifs is 1. The lowest BCUT2D eigenvalue weighted by molar-refractivity contribution is -0.146. The summed E-state index contributed by atoms with van der Waals surface area (Å²) < 4.78 is 50.1. The average molecular weight is 392 g/mol. The van der Waals surface area contributed by atoms with Crippen LogP contribution in [0.2, 0.25) is 0 Å². The number of ether oxygens (including phenoxy) is 2. The van der Waals surface area contributed by atoms with Gasteiger partial charge in [-0.2, -0.15) is 0 Å². The Balaban J connectivity index is 1.70. The quantitative estimate of drug-likeness (QED) is 0.786. The van der Waals surface area contributed by atoms with Crippen molar-refractivity contribution in [1.82, 2.24) is 4.72 Å². The predicted octanol–water partition coefficient (Wildman–Crippen LogP) is 2.00. The van der Waals surface area contributed by atoms with Crippen LogP contribution in [0.25, 0.3) is 0 Å². The number of methoxy groups -OCH3 is 1. The molecule has 2 aromatic carbocycles. The Hall–Kier alpha value is -2.94. The molecule has 1 N–H and O–H groups in total. The molecule has 9 heteroatoms. The van der Waals surface area contributed by atoms with Crippen molar-refractivity contribution in [3.63, 3.8) is 0 Å². The van der Waals surface area contributed by atoms with E-state index in [4.69, 9.17) is 9.47 Å². The molecule has 2 aromatic rings. The third kappa shape index (κ3) is 3.92. The lowest BCUT2D eigenvalue weighted by Crippen LogP contribution is -2.26. The van der Waals surface area contributed by atoms with E-state index < -0.39 is 27.9 Å². The number of sulfonamides is 1. The summed E-state index contributed by atoms with van der Waals surface area (Å²) >= 11 is 0. The van der Waals surface area contributed by atoms with Crippen LogP contribution in [0.1, 0.15) is 18.1 Å². The van der Waals surface area contributed by atoms with E-state index in [0.717, 1.165) is 0 Å². The number of carbonyl (C=O) groups is 1. The maximum absolute atomic E-state index is 13.7. The summed E-state index contributed by atoms with van der Waals surface area (Å²) in [6, 6.07) is 9.62. The van der Waals surface area contributed by atoms with E-state index in [1.165, 1.54) is 32.2 Å². The Morgan fingerprint density at radius 2 is 2.00 bits per heavy atom. The second kappa shape index (κ2) is 7.36. The van der Waals surface area contributed by atoms with Crippen LogP contribution in [0.5, 0.6) is 5.75 Å². The van der Waals surface area contributed by atoms with Crippen molar-refractivity contribution in [2.24, 2.45) is 4.99 Å². The Morgan fingerprint density at radius 1 is 1.26 bits per heavy atom. The number of aliphatic imine (C=N–C) groups is 1. The standard InChI is InChI=1S/C18H17FN2O5S/c1-11(18(22)26-10-12-7-8-15(25-2)14(19)9-12)20-17-13-5-3-4-6-16(13)27(23,24)21-17/h3-9,11H,10H2,1-2H3,(H,20,21)/t11-/m0/s1. The highest BCUT2D eigenvalue weighted by Gasteiger charge is 2.31. The van der Waals surface area contributed by atoms with Crippen molar-refractivity contribution in [3.8, 4) is 5.75 Å². The van der Waals surface area contributed by atoms with Gasteiger partial charge in [-0.05, 0) is 36.8 Å². The molecule has 27 heavy (non-hydrogen) atoms. The van der Waals surface area contributed by atoms with Gasteiger partial charge in [0.2, 0.25) is 0 Å². The zero-order chi connectivity index (χ0) is 19.6. The normalized spacial score (nSPS) is 17.1. The van der Waals surface area contributed by atoms with Gasteiger partial charge in [-0.15, -0.1) is 0 Å². The maximum atomic E-state index is 13.7. The van der Waals surface area contributed by atoms with Crippen molar-refractivity contribution in [2.45, 2.75) is 24.5 Å². The van der Waals surface area contributed by atoms with Gasteiger partial charge in [-0.25, -0.2) is 17.6 Å². The number of rotatable bonds is 5. The smallest absolute Gasteiger partial charge is 0.330 e. The van der Waals surface area contributed by atoms with E-state index in [0.29, 0.717) is 11.1 Å². The summed E-state index contributed by atoms with van der Waals surface area (Å²) in [4.78, 5) is 16.4. The van der Waals surface area contributed by atoms with Crippen molar-refractivity contribution in [2.75, 3.05) is 7.11 Å². The Kier molecular flexibility index (Phi) is 5.13. The van der Waals surface area contributed by atoms with Crippen LogP contribution in [-0.2, 0) is 26.2 Å². The number of hydrogen-bond acceptors (Lipinski definition) is 6. The van der Waals surface area contributed by atoms with E-state index in [-0.39, 0.29) is 23.1 Å². The fraction of sp³-hybridized carbons (Fsp3) is 0.222. The van der Waals surface area contributed by atoms with Gasteiger partial charge < -0.3 is 9.47 Å². The molecule has 0 spiro atoms. The van der Waals surface area contributed by atoms with E-state index in [9.17, 15) is 17.6 Å². The lowest BCUT2D eigenvalue weighted by Gasteiger charge is -2.10. The molecule has 7 nitrogen and oxygen atoms in total. The van der Waals surface area contributed by atoms with Crippen molar-refractivity contribution < 1.29 is 27.1 Å². The third-order valence-corrected chi connectivity index (χ3v) is 5.32. The van der Waals surface area contributed by atoms with E-state index in [2.05, 4.69) is 9.71 Å². The number of nitrogens with zero attached hydrogens (tertiary/aromatic N) is 1. The molecule has 1 atom stereocenters. The predicted molar refractivity (Wildman–Crippen MR) is 95.5 cm³/mol. The first-order chi connectivity index (χ1) is 12.8. The number of amidine groups is 1. The van der Waals surface area contributed by atoms with Gasteiger partial charge in [-0.3, -0.25) is 9.71 Å². The minimum atomic E-state index is -3.68. The highest BCUT2D eigenvalue weighted by molar-refractivity contribution is 7.90. The highest BCUT2D eigenvalue weighted by Crippen LogP contribution is 2.23. The zero-order valence-electron chi connectivity index (χ0n) is 14.6. The van der Waals surface area contributed by atoms with Crippen molar-refractivity contribution in [1.29, 1.82) is 0 Å². The monoisotopic (exact) mass is 392 g/mol. The van der Waals surface area contributed by atoms with Gasteiger partial charge in [0.15, 0.2) is 11.6 Å². The summed E-state index contributed by atoms with van der Waals surface area (Å²) in [5, 5.41) is 0. The summed E-state index contributed by atoms with van der Waals surface area (Å²) in [5.41, 5.74) is 0.850. The number of carbonyl (C=O) groups excluding carboxylic acids is 1. The topological polar surface area (TPSA) is 94.1 Å². The Morgan fingerprint density at radius 3 is 2.70 bits per heavy atom. The fourth-order valence-electron chi connectivity index (χ4n) is 2.55. The van der Waals surface area contributed by atoms with Crippen LogP contribution in [0.4, 0.5) is 4.39 Å². The fourth-order valence-corrected chi connectivity index (χ4v) is 3.79. The maximum Gasteiger partial charge on any atom is 0.330 e. The minimum Gasteiger partial charge on any atom is -0.494 e. The summed E-state index contributed by atoms with van der Waals surface area (Å²) in [6.45, 7) is 1.34. The summed E-state index contributed by atoms with van der Waals surface area (Å²) in [7, 11) is -2.32. The summed E-state index contributed by atoms with van der Waals surface area (Å²) in [6.07, 6.45) is 0. The van der Waals surface area contributed by atoms with E-state index >= 15 is 0 Å². The molecule has 3 rings (SSSR count). The molecule has 1 aliphatic heterocycles. The first kappa shape index (κ1) is 18.8. The van der Waals surface area contributed by atoms with Crippen LogP contribution in [0, 0.1) is 5.82 Å². The SMILES string of the molecule is COc1ccc(COC(=O)[C@H](C)N=C2NS(=O)(=O)c3ccccc32)cc1F. The number of esters is 1. The van der Waals surface area contributed by atoms with Gasteiger partial charge in [0.25, 0.3) is 10.0 Å². The molecule has 0 aliphatic carbocycles. The minimum absolute atomic E-state index is 0.0885. The molecule has 1 aliphatic rings. The lowest BCUT2D eigenvalue weighted by atomic mass is 10.2. The van der Waals surface area contributed by atoms with E-state index in [1.54, 1.807) is 24.3 Å². The molecular weight excluding hydrogens is 375 g/mol. The molecule has 0 fully saturated rings. The largest absolute Gasteiger partial charge is 0.494 e. The van der Waals surface area contributed by atoms with Gasteiger partial charge in [0.05, 0.1) is 12.0 Å². The van der Waals surface area contributed by atoms with Crippen LogP contribution < -0.4 is 9.46 Å². The molecule has 0 aromatic heterocycles. The zero-order valence-corrected chi connectivity index (χ0v) is 15.4. The first-order valence-corrected chi connectivity index (χ1v) is 9.49. The molecular formula is C18H17FN2O5S. The molecule has 0 bridgehead atoms. The molecule has 0 unspecified atom stereocenters. The summed E-state index contributed by atoms with van der Waals surface area (Å²) in [5.74, 6) is -1.04. The van der Waals surface area contributed by atoms with Crippen LogP contribution in [0.3, 0.4) is 0 Å². The molecule has 0 amide bonds. The van der Waals surface area contributed by atoms with Gasteiger partial charge in [0.1, 0.15) is 18.5 Å². The number of nitrogens with one attached hydrogen (secondary N) is 1.